The first-order valence-corrected chi connectivity index (χ1v) is 7.92. The largest absolute Gasteiger partial charge is 0.351 e. The van der Waals surface area contributed by atoms with Crippen molar-refractivity contribution in [1.29, 1.82) is 0 Å². The smallest absolute Gasteiger partial charge is 0.251 e. The Labute approximate surface area is 144 Å². The van der Waals surface area contributed by atoms with Gasteiger partial charge in [0.25, 0.3) is 5.91 Å². The number of carbonyl (C=O) groups is 1. The van der Waals surface area contributed by atoms with Crippen molar-refractivity contribution in [3.05, 3.63) is 71.3 Å². The summed E-state index contributed by atoms with van der Waals surface area (Å²) in [5.41, 5.74) is 3.04. The molecular weight excluding hydrogens is 308 g/mol. The van der Waals surface area contributed by atoms with E-state index in [1.807, 2.05) is 42.5 Å². The summed E-state index contributed by atoms with van der Waals surface area (Å²) in [4.78, 5) is 12.3. The molecule has 0 heterocycles. The van der Waals surface area contributed by atoms with Gasteiger partial charge in [0.1, 0.15) is 0 Å². The van der Waals surface area contributed by atoms with Gasteiger partial charge in [-0.1, -0.05) is 55.5 Å². The van der Waals surface area contributed by atoms with E-state index in [9.17, 15) is 4.79 Å². The van der Waals surface area contributed by atoms with Gasteiger partial charge in [-0.3, -0.25) is 4.79 Å². The van der Waals surface area contributed by atoms with Crippen LogP contribution in [-0.2, 0) is 6.42 Å². The van der Waals surface area contributed by atoms with Gasteiger partial charge in [-0.2, -0.15) is 0 Å². The number of amides is 1. The molecule has 1 amide bonds. The van der Waals surface area contributed by atoms with Crippen LogP contribution in [0.4, 0.5) is 0 Å². The summed E-state index contributed by atoms with van der Waals surface area (Å²) in [5.74, 6) is 0.00447. The van der Waals surface area contributed by atoms with Gasteiger partial charge in [-0.25, -0.2) is 0 Å². The second-order valence-electron chi connectivity index (χ2n) is 5.33. The fourth-order valence-electron chi connectivity index (χ4n) is 2.37. The van der Waals surface area contributed by atoms with Crippen LogP contribution in [-0.4, -0.2) is 25.5 Å². The molecule has 0 atom stereocenters. The molecule has 0 saturated carbocycles. The summed E-state index contributed by atoms with van der Waals surface area (Å²) in [7, 11) is 0. The van der Waals surface area contributed by atoms with E-state index in [0.717, 1.165) is 37.1 Å². The van der Waals surface area contributed by atoms with Crippen molar-refractivity contribution in [3.8, 4) is 0 Å². The first-order valence-electron chi connectivity index (χ1n) is 7.92. The van der Waals surface area contributed by atoms with Gasteiger partial charge in [0.05, 0.1) is 0 Å². The number of halogens is 1. The van der Waals surface area contributed by atoms with E-state index >= 15 is 0 Å². The Balaban J connectivity index is 0.00000264. The third-order valence-corrected chi connectivity index (χ3v) is 3.51. The van der Waals surface area contributed by atoms with Crippen LogP contribution in [0.1, 0.15) is 34.8 Å². The average Bonchev–Trinajstić information content (AvgIpc) is 2.56. The molecular formula is C19H25ClN2O. The van der Waals surface area contributed by atoms with E-state index in [1.54, 1.807) is 0 Å². The van der Waals surface area contributed by atoms with Gasteiger partial charge in [0.15, 0.2) is 0 Å². The van der Waals surface area contributed by atoms with Crippen LogP contribution in [0.3, 0.4) is 0 Å². The molecule has 2 aromatic carbocycles. The van der Waals surface area contributed by atoms with Crippen LogP contribution in [0.25, 0.3) is 0 Å². The Kier molecular flexibility index (Phi) is 9.03. The molecule has 0 aliphatic carbocycles. The summed E-state index contributed by atoms with van der Waals surface area (Å²) in [6, 6.07) is 18.0. The van der Waals surface area contributed by atoms with Gasteiger partial charge in [0.2, 0.25) is 0 Å². The molecule has 2 rings (SSSR count). The van der Waals surface area contributed by atoms with E-state index in [4.69, 9.17) is 0 Å². The maximum absolute atomic E-state index is 12.3. The normalized spacial score (nSPS) is 9.96. The van der Waals surface area contributed by atoms with E-state index in [0.29, 0.717) is 6.54 Å². The summed E-state index contributed by atoms with van der Waals surface area (Å²) in [6.45, 7) is 4.57. The number of nitrogens with one attached hydrogen (secondary N) is 2. The van der Waals surface area contributed by atoms with Gasteiger partial charge in [0, 0.05) is 18.7 Å². The summed E-state index contributed by atoms with van der Waals surface area (Å²) in [5, 5.41) is 6.26. The van der Waals surface area contributed by atoms with Crippen molar-refractivity contribution in [2.24, 2.45) is 0 Å². The zero-order valence-corrected chi connectivity index (χ0v) is 14.4. The van der Waals surface area contributed by atoms with Crippen LogP contribution in [0, 0.1) is 0 Å². The zero-order valence-electron chi connectivity index (χ0n) is 13.5. The highest BCUT2D eigenvalue weighted by Gasteiger charge is 2.10. The maximum Gasteiger partial charge on any atom is 0.251 e. The van der Waals surface area contributed by atoms with Crippen molar-refractivity contribution >= 4 is 18.3 Å². The molecule has 23 heavy (non-hydrogen) atoms. The van der Waals surface area contributed by atoms with Gasteiger partial charge in [-0.05, 0) is 36.6 Å². The molecule has 0 radical (unpaired) electrons. The number of rotatable bonds is 8. The minimum absolute atomic E-state index is 0. The second kappa shape index (κ2) is 10.8. The molecule has 0 unspecified atom stereocenters. The van der Waals surface area contributed by atoms with Crippen molar-refractivity contribution in [2.45, 2.75) is 19.8 Å². The lowest BCUT2D eigenvalue weighted by molar-refractivity contribution is 0.0953. The highest BCUT2D eigenvalue weighted by Crippen LogP contribution is 2.14. The molecule has 0 aliphatic rings. The lowest BCUT2D eigenvalue weighted by atomic mass is 9.99. The Hall–Kier alpha value is -1.84. The van der Waals surface area contributed by atoms with Crippen LogP contribution < -0.4 is 10.6 Å². The molecule has 124 valence electrons. The third kappa shape index (κ3) is 6.43. The minimum Gasteiger partial charge on any atom is -0.351 e. The predicted molar refractivity (Wildman–Crippen MR) is 98.4 cm³/mol. The SMILES string of the molecule is CCCNCCNC(=O)c1ccccc1Cc1ccccc1.Cl. The number of hydrogen-bond donors (Lipinski definition) is 2. The molecule has 0 aromatic heterocycles. The van der Waals surface area contributed by atoms with E-state index in [1.165, 1.54) is 5.56 Å². The lowest BCUT2D eigenvalue weighted by Gasteiger charge is -2.10. The first kappa shape index (κ1) is 19.2. The van der Waals surface area contributed by atoms with E-state index in [-0.39, 0.29) is 18.3 Å². The lowest BCUT2D eigenvalue weighted by Crippen LogP contribution is -2.32. The maximum atomic E-state index is 12.3. The number of hydrogen-bond acceptors (Lipinski definition) is 2. The summed E-state index contributed by atoms with van der Waals surface area (Å²) < 4.78 is 0. The molecule has 3 nitrogen and oxygen atoms in total. The fourth-order valence-corrected chi connectivity index (χ4v) is 2.37. The van der Waals surface area contributed by atoms with Crippen LogP contribution in [0.5, 0.6) is 0 Å². The van der Waals surface area contributed by atoms with Crippen LogP contribution >= 0.6 is 12.4 Å². The Morgan fingerprint density at radius 2 is 1.61 bits per heavy atom. The molecule has 0 bridgehead atoms. The van der Waals surface area contributed by atoms with Gasteiger partial charge in [-0.15, -0.1) is 12.4 Å². The highest BCUT2D eigenvalue weighted by molar-refractivity contribution is 5.95. The van der Waals surface area contributed by atoms with E-state index < -0.39 is 0 Å². The first-order chi connectivity index (χ1) is 10.8. The van der Waals surface area contributed by atoms with Crippen molar-refractivity contribution in [1.82, 2.24) is 10.6 Å². The molecule has 0 aliphatic heterocycles. The van der Waals surface area contributed by atoms with Gasteiger partial charge < -0.3 is 10.6 Å². The van der Waals surface area contributed by atoms with Crippen molar-refractivity contribution < 1.29 is 4.79 Å². The Bertz CT molecular complexity index is 587. The van der Waals surface area contributed by atoms with E-state index in [2.05, 4.69) is 29.7 Å². The Morgan fingerprint density at radius 1 is 0.913 bits per heavy atom. The van der Waals surface area contributed by atoms with Crippen molar-refractivity contribution in [2.75, 3.05) is 19.6 Å². The highest BCUT2D eigenvalue weighted by atomic mass is 35.5. The van der Waals surface area contributed by atoms with Crippen LogP contribution in [0.2, 0.25) is 0 Å². The van der Waals surface area contributed by atoms with Gasteiger partial charge >= 0.3 is 0 Å². The molecule has 2 aromatic rings. The number of carbonyl (C=O) groups excluding carboxylic acids is 1. The number of benzene rings is 2. The molecule has 0 fully saturated rings. The van der Waals surface area contributed by atoms with Crippen LogP contribution in [0.15, 0.2) is 54.6 Å². The fraction of sp³-hybridized carbons (Fsp3) is 0.316. The minimum atomic E-state index is 0. The molecule has 2 N–H and O–H groups in total. The molecule has 0 spiro atoms. The topological polar surface area (TPSA) is 41.1 Å². The molecule has 4 heteroatoms. The monoisotopic (exact) mass is 332 g/mol. The van der Waals surface area contributed by atoms with Crippen molar-refractivity contribution in [3.63, 3.8) is 0 Å². The Morgan fingerprint density at radius 3 is 2.35 bits per heavy atom. The quantitative estimate of drug-likeness (QED) is 0.727. The zero-order chi connectivity index (χ0) is 15.6. The third-order valence-electron chi connectivity index (χ3n) is 3.51. The average molecular weight is 333 g/mol. The summed E-state index contributed by atoms with van der Waals surface area (Å²) >= 11 is 0. The molecule has 0 saturated heterocycles. The predicted octanol–water partition coefficient (Wildman–Crippen LogP) is 3.43. The summed E-state index contributed by atoms with van der Waals surface area (Å²) in [6.07, 6.45) is 1.88. The standard InChI is InChI=1S/C19H24N2O.ClH/c1-2-12-20-13-14-21-19(22)18-11-7-6-10-17(18)15-16-8-4-3-5-9-16;/h3-11,20H,2,12-15H2,1H3,(H,21,22);1H. The second-order valence-corrected chi connectivity index (χ2v) is 5.33.